The smallest absolute Gasteiger partial charge is 0.228 e. The lowest BCUT2D eigenvalue weighted by molar-refractivity contribution is -0.119. The summed E-state index contributed by atoms with van der Waals surface area (Å²) in [5.41, 5.74) is 5.64. The fraction of sp³-hybridized carbons (Fsp3) is 0.148. The Morgan fingerprint density at radius 3 is 2.53 bits per heavy atom. The van der Waals surface area contributed by atoms with E-state index >= 15 is 0 Å². The largest absolute Gasteiger partial charge is 0.308 e. The summed E-state index contributed by atoms with van der Waals surface area (Å²) in [4.78, 5) is 15.3. The highest BCUT2D eigenvalue weighted by atomic mass is 35.5. The normalized spacial score (nSPS) is 16.0. The quantitative estimate of drug-likeness (QED) is 0.360. The van der Waals surface area contributed by atoms with Crippen LogP contribution in [0.3, 0.4) is 0 Å². The Labute approximate surface area is 181 Å². The van der Waals surface area contributed by atoms with Crippen molar-refractivity contribution in [2.75, 3.05) is 4.90 Å². The van der Waals surface area contributed by atoms with Gasteiger partial charge in [-0.15, -0.1) is 0 Å². The second kappa shape index (κ2) is 7.62. The molecule has 0 saturated heterocycles. The third-order valence-corrected chi connectivity index (χ3v) is 6.21. The average molecular weight is 412 g/mol. The number of aryl methyl sites for hydroxylation is 1. The number of amides is 1. The first-order valence-electron chi connectivity index (χ1n) is 10.2. The Kier molecular flexibility index (Phi) is 4.80. The summed E-state index contributed by atoms with van der Waals surface area (Å²) in [6, 6.07) is 28.9. The molecule has 0 N–H and O–H groups in total. The lowest BCUT2D eigenvalue weighted by Gasteiger charge is -2.35. The molecule has 0 bridgehead atoms. The Morgan fingerprint density at radius 2 is 1.73 bits per heavy atom. The van der Waals surface area contributed by atoms with Crippen molar-refractivity contribution in [2.24, 2.45) is 0 Å². The molecule has 1 amide bonds. The number of hydrogen-bond donors (Lipinski definition) is 0. The predicted molar refractivity (Wildman–Crippen MR) is 124 cm³/mol. The highest BCUT2D eigenvalue weighted by molar-refractivity contribution is 6.30. The molecule has 1 aliphatic heterocycles. The Morgan fingerprint density at radius 1 is 0.933 bits per heavy atom. The maximum absolute atomic E-state index is 13.3. The van der Waals surface area contributed by atoms with E-state index in [-0.39, 0.29) is 11.8 Å². The number of carbonyl (C=O) groups is 1. The molecule has 30 heavy (non-hydrogen) atoms. The molecular formula is C27H22ClNO. The number of anilines is 1. The van der Waals surface area contributed by atoms with Gasteiger partial charge in [-0.25, -0.2) is 0 Å². The van der Waals surface area contributed by atoms with Gasteiger partial charge in [-0.2, -0.15) is 0 Å². The molecule has 0 saturated carbocycles. The van der Waals surface area contributed by atoms with Gasteiger partial charge in [0.25, 0.3) is 0 Å². The van der Waals surface area contributed by atoms with Crippen LogP contribution < -0.4 is 4.90 Å². The van der Waals surface area contributed by atoms with E-state index in [9.17, 15) is 4.79 Å². The molecule has 2 nitrogen and oxygen atoms in total. The second-order valence-corrected chi connectivity index (χ2v) is 8.43. The van der Waals surface area contributed by atoms with E-state index in [1.807, 2.05) is 23.1 Å². The minimum Gasteiger partial charge on any atom is -0.308 e. The highest BCUT2D eigenvalue weighted by Gasteiger charge is 2.33. The lowest BCUT2D eigenvalue weighted by atomic mass is 9.81. The number of benzene rings is 4. The fourth-order valence-corrected chi connectivity index (χ4v) is 4.66. The van der Waals surface area contributed by atoms with Crippen molar-refractivity contribution in [2.45, 2.75) is 25.8 Å². The number of nitrogens with zero attached hydrogens (tertiary/aromatic N) is 1. The number of carbonyl (C=O) groups excluding carboxylic acids is 1. The summed E-state index contributed by atoms with van der Waals surface area (Å²) in [5.74, 6) is 0.134. The van der Waals surface area contributed by atoms with Crippen molar-refractivity contribution in [3.8, 4) is 0 Å². The van der Waals surface area contributed by atoms with Gasteiger partial charge in [0.2, 0.25) is 5.91 Å². The predicted octanol–water partition coefficient (Wildman–Crippen LogP) is 6.87. The van der Waals surface area contributed by atoms with Crippen LogP contribution in [0.4, 0.5) is 5.69 Å². The van der Waals surface area contributed by atoms with E-state index in [1.165, 1.54) is 21.9 Å². The van der Waals surface area contributed by atoms with Crippen LogP contribution in [0.2, 0.25) is 5.02 Å². The van der Waals surface area contributed by atoms with Gasteiger partial charge in [-0.1, -0.05) is 83.9 Å². The number of rotatable bonds is 3. The minimum atomic E-state index is -0.00781. The van der Waals surface area contributed by atoms with Gasteiger partial charge in [0, 0.05) is 23.0 Å². The number of fused-ring (bicyclic) bond motifs is 3. The topological polar surface area (TPSA) is 20.3 Å². The van der Waals surface area contributed by atoms with Crippen LogP contribution in [-0.2, 0) is 11.3 Å². The molecule has 1 heterocycles. The summed E-state index contributed by atoms with van der Waals surface area (Å²) >= 11 is 6.30. The minimum absolute atomic E-state index is 0.00781. The monoisotopic (exact) mass is 411 g/mol. The molecular weight excluding hydrogens is 390 g/mol. The van der Waals surface area contributed by atoms with Gasteiger partial charge in [-0.05, 0) is 52.6 Å². The van der Waals surface area contributed by atoms with E-state index < -0.39 is 0 Å². The summed E-state index contributed by atoms with van der Waals surface area (Å²) in [7, 11) is 0. The first kappa shape index (κ1) is 18.9. The van der Waals surface area contributed by atoms with Crippen molar-refractivity contribution in [3.63, 3.8) is 0 Å². The average Bonchev–Trinajstić information content (AvgIpc) is 2.76. The Hall–Kier alpha value is -3.10. The standard InChI is InChI=1S/C27H22ClNO/c1-18-9-11-19(12-10-18)17-29-25-14-13-20-5-2-3-8-23(20)27(25)24(16-26(29)30)21-6-4-7-22(28)15-21/h2-15,24H,16-17H2,1H3. The van der Waals surface area contributed by atoms with Crippen LogP contribution in [0.25, 0.3) is 10.8 Å². The zero-order chi connectivity index (χ0) is 20.7. The van der Waals surface area contributed by atoms with Crippen LogP contribution in [0.15, 0.2) is 84.9 Å². The summed E-state index contributed by atoms with van der Waals surface area (Å²) in [5, 5.41) is 3.08. The van der Waals surface area contributed by atoms with Crippen molar-refractivity contribution in [3.05, 3.63) is 112 Å². The van der Waals surface area contributed by atoms with Gasteiger partial charge in [-0.3, -0.25) is 4.79 Å². The Balaban J connectivity index is 1.68. The summed E-state index contributed by atoms with van der Waals surface area (Å²) in [6.45, 7) is 2.65. The molecule has 0 aliphatic carbocycles. The van der Waals surface area contributed by atoms with Gasteiger partial charge >= 0.3 is 0 Å². The van der Waals surface area contributed by atoms with E-state index in [0.717, 1.165) is 16.8 Å². The molecule has 5 rings (SSSR count). The molecule has 1 aliphatic rings. The van der Waals surface area contributed by atoms with E-state index in [2.05, 4.69) is 73.7 Å². The van der Waals surface area contributed by atoms with Gasteiger partial charge in [0.1, 0.15) is 0 Å². The molecule has 3 heteroatoms. The van der Waals surface area contributed by atoms with Crippen LogP contribution in [0.5, 0.6) is 0 Å². The lowest BCUT2D eigenvalue weighted by Crippen LogP contribution is -2.36. The zero-order valence-electron chi connectivity index (χ0n) is 16.8. The molecule has 1 unspecified atom stereocenters. The SMILES string of the molecule is Cc1ccc(CN2C(=O)CC(c3cccc(Cl)c3)c3c2ccc2ccccc32)cc1. The number of hydrogen-bond acceptors (Lipinski definition) is 1. The zero-order valence-corrected chi connectivity index (χ0v) is 17.6. The van der Waals surface area contributed by atoms with Crippen LogP contribution >= 0.6 is 11.6 Å². The number of halogens is 1. The van der Waals surface area contributed by atoms with Crippen LogP contribution in [-0.4, -0.2) is 5.91 Å². The summed E-state index contributed by atoms with van der Waals surface area (Å²) < 4.78 is 0. The third-order valence-electron chi connectivity index (χ3n) is 5.98. The van der Waals surface area contributed by atoms with E-state index in [0.29, 0.717) is 18.0 Å². The Bertz CT molecular complexity index is 1250. The van der Waals surface area contributed by atoms with Crippen molar-refractivity contribution in [1.82, 2.24) is 0 Å². The maximum atomic E-state index is 13.3. The first-order chi connectivity index (χ1) is 14.6. The molecule has 0 spiro atoms. The highest BCUT2D eigenvalue weighted by Crippen LogP contribution is 2.44. The van der Waals surface area contributed by atoms with Crippen molar-refractivity contribution >= 4 is 34.0 Å². The first-order valence-corrected chi connectivity index (χ1v) is 10.6. The molecule has 0 radical (unpaired) electrons. The van der Waals surface area contributed by atoms with Crippen LogP contribution in [0, 0.1) is 6.92 Å². The van der Waals surface area contributed by atoms with Gasteiger partial charge in [0.15, 0.2) is 0 Å². The summed E-state index contributed by atoms with van der Waals surface area (Å²) in [6.07, 6.45) is 0.438. The van der Waals surface area contributed by atoms with Crippen molar-refractivity contribution in [1.29, 1.82) is 0 Å². The van der Waals surface area contributed by atoms with E-state index in [4.69, 9.17) is 11.6 Å². The molecule has 1 atom stereocenters. The second-order valence-electron chi connectivity index (χ2n) is 8.00. The van der Waals surface area contributed by atoms with Gasteiger partial charge < -0.3 is 4.90 Å². The molecule has 4 aromatic rings. The third kappa shape index (κ3) is 3.38. The van der Waals surface area contributed by atoms with E-state index in [1.54, 1.807) is 0 Å². The molecule has 0 aromatic heterocycles. The molecule has 0 fully saturated rings. The molecule has 4 aromatic carbocycles. The van der Waals surface area contributed by atoms with Crippen molar-refractivity contribution < 1.29 is 4.79 Å². The molecule has 148 valence electrons. The maximum Gasteiger partial charge on any atom is 0.228 e. The van der Waals surface area contributed by atoms with Gasteiger partial charge in [0.05, 0.1) is 6.54 Å². The van der Waals surface area contributed by atoms with Crippen LogP contribution in [0.1, 0.15) is 34.6 Å². The fourth-order valence-electron chi connectivity index (χ4n) is 4.46.